The molecule has 1 aromatic heterocycles. The molecule has 0 bridgehead atoms. The monoisotopic (exact) mass is 297 g/mol. The standard InChI is InChI=1S/C17H19N3O2/c1-4-6-15(16(21)22-3)13-7-9-14(10-8-13)20(2)17-18-11-5-12-19-17/h4-5,7-12,15H,1,6H2,2-3H3. The molecule has 1 aromatic carbocycles. The fourth-order valence-electron chi connectivity index (χ4n) is 2.19. The van der Waals surface area contributed by atoms with Crippen molar-refractivity contribution in [3.63, 3.8) is 0 Å². The summed E-state index contributed by atoms with van der Waals surface area (Å²) in [5.41, 5.74) is 1.84. The minimum Gasteiger partial charge on any atom is -0.469 e. The normalized spacial score (nSPS) is 11.5. The summed E-state index contributed by atoms with van der Waals surface area (Å²) in [4.78, 5) is 22.1. The van der Waals surface area contributed by atoms with E-state index in [1.165, 1.54) is 7.11 Å². The van der Waals surface area contributed by atoms with Crippen LogP contribution < -0.4 is 4.90 Å². The van der Waals surface area contributed by atoms with E-state index in [1.807, 2.05) is 36.2 Å². The first-order chi connectivity index (χ1) is 10.7. The molecule has 0 spiro atoms. The SMILES string of the molecule is C=CCC(C(=O)OC)c1ccc(N(C)c2ncccn2)cc1. The van der Waals surface area contributed by atoms with E-state index < -0.39 is 0 Å². The number of allylic oxidation sites excluding steroid dienone is 1. The van der Waals surface area contributed by atoms with Gasteiger partial charge in [0.1, 0.15) is 0 Å². The molecule has 1 atom stereocenters. The third-order valence-electron chi connectivity index (χ3n) is 3.42. The van der Waals surface area contributed by atoms with Gasteiger partial charge < -0.3 is 9.64 Å². The van der Waals surface area contributed by atoms with E-state index in [9.17, 15) is 4.79 Å². The van der Waals surface area contributed by atoms with Crippen LogP contribution in [0.3, 0.4) is 0 Å². The molecular weight excluding hydrogens is 278 g/mol. The number of anilines is 2. The minimum absolute atomic E-state index is 0.257. The Kier molecular flexibility index (Phi) is 5.25. The molecule has 0 aliphatic rings. The van der Waals surface area contributed by atoms with Gasteiger partial charge in [-0.3, -0.25) is 4.79 Å². The van der Waals surface area contributed by atoms with E-state index in [1.54, 1.807) is 24.5 Å². The number of ether oxygens (including phenoxy) is 1. The van der Waals surface area contributed by atoms with Gasteiger partial charge in [-0.15, -0.1) is 6.58 Å². The van der Waals surface area contributed by atoms with Gasteiger partial charge in [0, 0.05) is 25.1 Å². The number of carbonyl (C=O) groups is 1. The number of rotatable bonds is 6. The molecule has 0 radical (unpaired) electrons. The van der Waals surface area contributed by atoms with Crippen molar-refractivity contribution in [2.75, 3.05) is 19.1 Å². The summed E-state index contributed by atoms with van der Waals surface area (Å²) >= 11 is 0. The maximum atomic E-state index is 11.8. The van der Waals surface area contributed by atoms with E-state index in [0.717, 1.165) is 11.3 Å². The van der Waals surface area contributed by atoms with Gasteiger partial charge in [0.15, 0.2) is 0 Å². The molecule has 0 amide bonds. The minimum atomic E-state index is -0.324. The van der Waals surface area contributed by atoms with Crippen molar-refractivity contribution < 1.29 is 9.53 Å². The predicted molar refractivity (Wildman–Crippen MR) is 86.1 cm³/mol. The Morgan fingerprint density at radius 1 is 1.32 bits per heavy atom. The first kappa shape index (κ1) is 15.7. The van der Waals surface area contributed by atoms with Crippen LogP contribution in [0.25, 0.3) is 0 Å². The van der Waals surface area contributed by atoms with Gasteiger partial charge in [-0.05, 0) is 30.2 Å². The Bertz CT molecular complexity index is 626. The molecule has 0 saturated heterocycles. The molecule has 22 heavy (non-hydrogen) atoms. The van der Waals surface area contributed by atoms with Crippen LogP contribution in [0.15, 0.2) is 55.4 Å². The molecule has 0 aliphatic carbocycles. The molecule has 5 heteroatoms. The van der Waals surface area contributed by atoms with Gasteiger partial charge in [0.25, 0.3) is 0 Å². The number of aromatic nitrogens is 2. The molecular formula is C17H19N3O2. The van der Waals surface area contributed by atoms with E-state index in [-0.39, 0.29) is 11.9 Å². The fourth-order valence-corrected chi connectivity index (χ4v) is 2.19. The van der Waals surface area contributed by atoms with Crippen LogP contribution in [0.5, 0.6) is 0 Å². The third kappa shape index (κ3) is 3.49. The number of carbonyl (C=O) groups excluding carboxylic acids is 1. The zero-order valence-electron chi connectivity index (χ0n) is 12.8. The van der Waals surface area contributed by atoms with Crippen molar-refractivity contribution in [2.45, 2.75) is 12.3 Å². The number of methoxy groups -OCH3 is 1. The number of esters is 1. The summed E-state index contributed by atoms with van der Waals surface area (Å²) in [6, 6.07) is 9.48. The van der Waals surface area contributed by atoms with E-state index >= 15 is 0 Å². The second-order valence-electron chi connectivity index (χ2n) is 4.80. The molecule has 1 unspecified atom stereocenters. The number of nitrogens with zero attached hydrogens (tertiary/aromatic N) is 3. The highest BCUT2D eigenvalue weighted by atomic mass is 16.5. The van der Waals surface area contributed by atoms with Crippen LogP contribution in [0.4, 0.5) is 11.6 Å². The molecule has 0 aliphatic heterocycles. The van der Waals surface area contributed by atoms with E-state index in [0.29, 0.717) is 12.4 Å². The predicted octanol–water partition coefficient (Wildman–Crippen LogP) is 3.08. The van der Waals surface area contributed by atoms with Crippen LogP contribution in [0.1, 0.15) is 17.9 Å². The zero-order chi connectivity index (χ0) is 15.9. The zero-order valence-corrected chi connectivity index (χ0v) is 12.8. The lowest BCUT2D eigenvalue weighted by molar-refractivity contribution is -0.142. The lowest BCUT2D eigenvalue weighted by atomic mass is 9.95. The highest BCUT2D eigenvalue weighted by Gasteiger charge is 2.20. The lowest BCUT2D eigenvalue weighted by Gasteiger charge is -2.18. The van der Waals surface area contributed by atoms with Gasteiger partial charge in [0.2, 0.25) is 5.95 Å². The topological polar surface area (TPSA) is 55.3 Å². The van der Waals surface area contributed by atoms with Crippen LogP contribution in [0.2, 0.25) is 0 Å². The fraction of sp³-hybridized carbons (Fsp3) is 0.235. The van der Waals surface area contributed by atoms with Gasteiger partial charge in [-0.2, -0.15) is 0 Å². The van der Waals surface area contributed by atoms with Crippen molar-refractivity contribution in [2.24, 2.45) is 0 Å². The van der Waals surface area contributed by atoms with E-state index in [2.05, 4.69) is 16.5 Å². The Labute approximate surface area is 130 Å². The van der Waals surface area contributed by atoms with Gasteiger partial charge in [0.05, 0.1) is 13.0 Å². The average molecular weight is 297 g/mol. The smallest absolute Gasteiger partial charge is 0.313 e. The molecule has 2 aromatic rings. The Morgan fingerprint density at radius 2 is 1.95 bits per heavy atom. The number of benzene rings is 1. The van der Waals surface area contributed by atoms with Crippen LogP contribution in [-0.2, 0) is 9.53 Å². The maximum Gasteiger partial charge on any atom is 0.313 e. The van der Waals surface area contributed by atoms with Crippen molar-refractivity contribution in [1.29, 1.82) is 0 Å². The van der Waals surface area contributed by atoms with Crippen molar-refractivity contribution in [3.8, 4) is 0 Å². The third-order valence-corrected chi connectivity index (χ3v) is 3.42. The molecule has 0 saturated carbocycles. The van der Waals surface area contributed by atoms with Crippen LogP contribution in [-0.4, -0.2) is 30.1 Å². The molecule has 1 heterocycles. The first-order valence-corrected chi connectivity index (χ1v) is 6.96. The first-order valence-electron chi connectivity index (χ1n) is 6.96. The van der Waals surface area contributed by atoms with Crippen LogP contribution >= 0.6 is 0 Å². The lowest BCUT2D eigenvalue weighted by Crippen LogP contribution is -2.15. The van der Waals surface area contributed by atoms with Crippen molar-refractivity contribution in [3.05, 3.63) is 60.9 Å². The second kappa shape index (κ2) is 7.36. The molecule has 5 nitrogen and oxygen atoms in total. The summed E-state index contributed by atoms with van der Waals surface area (Å²) < 4.78 is 4.85. The Balaban J connectivity index is 2.22. The quantitative estimate of drug-likeness (QED) is 0.606. The molecule has 0 N–H and O–H groups in total. The largest absolute Gasteiger partial charge is 0.469 e. The Morgan fingerprint density at radius 3 is 2.50 bits per heavy atom. The highest BCUT2D eigenvalue weighted by molar-refractivity contribution is 5.78. The van der Waals surface area contributed by atoms with Gasteiger partial charge in [-0.1, -0.05) is 18.2 Å². The summed E-state index contributed by atoms with van der Waals surface area (Å²) in [7, 11) is 3.29. The van der Waals surface area contributed by atoms with Gasteiger partial charge >= 0.3 is 5.97 Å². The number of hydrogen-bond donors (Lipinski definition) is 0. The Hall–Kier alpha value is -2.69. The highest BCUT2D eigenvalue weighted by Crippen LogP contribution is 2.26. The summed E-state index contributed by atoms with van der Waals surface area (Å²) in [6.07, 6.45) is 5.66. The molecule has 0 fully saturated rings. The second-order valence-corrected chi connectivity index (χ2v) is 4.80. The maximum absolute atomic E-state index is 11.8. The van der Waals surface area contributed by atoms with E-state index in [4.69, 9.17) is 4.74 Å². The summed E-state index contributed by atoms with van der Waals surface area (Å²) in [5, 5.41) is 0. The summed E-state index contributed by atoms with van der Waals surface area (Å²) in [6.45, 7) is 3.70. The number of hydrogen-bond acceptors (Lipinski definition) is 5. The van der Waals surface area contributed by atoms with Crippen molar-refractivity contribution in [1.82, 2.24) is 9.97 Å². The van der Waals surface area contributed by atoms with Crippen LogP contribution in [0, 0.1) is 0 Å². The molecule has 2 rings (SSSR count). The average Bonchev–Trinajstić information content (AvgIpc) is 2.59. The van der Waals surface area contributed by atoms with Crippen molar-refractivity contribution >= 4 is 17.6 Å². The summed E-state index contributed by atoms with van der Waals surface area (Å²) in [5.74, 6) is 0.0353. The molecule has 114 valence electrons. The van der Waals surface area contributed by atoms with Gasteiger partial charge in [-0.25, -0.2) is 9.97 Å².